The molecule has 0 aromatic heterocycles. The van der Waals surface area contributed by atoms with Gasteiger partial charge in [-0.05, 0) is 38.3 Å². The van der Waals surface area contributed by atoms with Crippen LogP contribution in [0.3, 0.4) is 0 Å². The van der Waals surface area contributed by atoms with E-state index in [9.17, 15) is 13.2 Å². The van der Waals surface area contributed by atoms with E-state index >= 15 is 0 Å². The zero-order chi connectivity index (χ0) is 19.3. The molecular weight excluding hydrogens is 356 g/mol. The van der Waals surface area contributed by atoms with E-state index in [1.54, 1.807) is 12.1 Å². The lowest BCUT2D eigenvalue weighted by molar-refractivity contribution is -0.126. The quantitative estimate of drug-likeness (QED) is 0.777. The van der Waals surface area contributed by atoms with Crippen molar-refractivity contribution in [3.05, 3.63) is 18.2 Å². The number of sulfonamides is 1. The first-order valence-corrected chi connectivity index (χ1v) is 10.3. The minimum absolute atomic E-state index is 0.0577. The van der Waals surface area contributed by atoms with Gasteiger partial charge in [-0.15, -0.1) is 0 Å². The van der Waals surface area contributed by atoms with Crippen molar-refractivity contribution in [3.8, 4) is 11.5 Å². The highest BCUT2D eigenvalue weighted by Crippen LogP contribution is 2.32. The summed E-state index contributed by atoms with van der Waals surface area (Å²) in [6.45, 7) is 4.49. The van der Waals surface area contributed by atoms with Gasteiger partial charge in [-0.3, -0.25) is 4.79 Å². The van der Waals surface area contributed by atoms with Gasteiger partial charge >= 0.3 is 0 Å². The molecule has 8 heteroatoms. The molecule has 7 nitrogen and oxygen atoms in total. The molecule has 1 fully saturated rings. The number of amides is 1. The Labute approximate surface area is 155 Å². The predicted molar refractivity (Wildman–Crippen MR) is 98.9 cm³/mol. The van der Waals surface area contributed by atoms with Crippen LogP contribution in [-0.2, 0) is 14.8 Å². The maximum Gasteiger partial charge on any atom is 0.246 e. The Balaban J connectivity index is 2.25. The maximum absolute atomic E-state index is 13.1. The van der Waals surface area contributed by atoms with Crippen LogP contribution < -0.4 is 14.8 Å². The molecule has 0 bridgehead atoms. The Morgan fingerprint density at radius 3 is 2.69 bits per heavy atom. The summed E-state index contributed by atoms with van der Waals surface area (Å²) in [4.78, 5) is 12.5. The van der Waals surface area contributed by atoms with Gasteiger partial charge in [0.05, 0.1) is 20.1 Å². The lowest BCUT2D eigenvalue weighted by Crippen LogP contribution is -2.47. The van der Waals surface area contributed by atoms with E-state index in [-0.39, 0.29) is 35.1 Å². The Bertz CT molecular complexity index is 735. The standard InChI is InChI=1S/C18H28N2O5S/c1-5-13(2)19-18(21)14-7-6-10-20(12-14)26(22,23)17-11-15(24-3)8-9-16(17)25-4/h8-9,11,13-14H,5-7,10,12H2,1-4H3,(H,19,21)/t13-,14+/m0/s1. The average molecular weight is 384 g/mol. The van der Waals surface area contributed by atoms with Gasteiger partial charge in [-0.25, -0.2) is 8.42 Å². The van der Waals surface area contributed by atoms with Crippen LogP contribution in [0.4, 0.5) is 0 Å². The van der Waals surface area contributed by atoms with E-state index in [1.165, 1.54) is 24.6 Å². The molecular formula is C18H28N2O5S. The number of hydrogen-bond acceptors (Lipinski definition) is 5. The van der Waals surface area contributed by atoms with Crippen LogP contribution in [0.25, 0.3) is 0 Å². The lowest BCUT2D eigenvalue weighted by Gasteiger charge is -2.32. The lowest BCUT2D eigenvalue weighted by atomic mass is 9.98. The van der Waals surface area contributed by atoms with Crippen molar-refractivity contribution in [2.75, 3.05) is 27.3 Å². The van der Waals surface area contributed by atoms with E-state index in [0.29, 0.717) is 25.1 Å². The fraction of sp³-hybridized carbons (Fsp3) is 0.611. The Hall–Kier alpha value is -1.80. The van der Waals surface area contributed by atoms with Gasteiger partial charge in [0.2, 0.25) is 15.9 Å². The second kappa shape index (κ2) is 8.73. The first-order chi connectivity index (χ1) is 12.3. The molecule has 0 saturated carbocycles. The summed E-state index contributed by atoms with van der Waals surface area (Å²) in [5.41, 5.74) is 0. The summed E-state index contributed by atoms with van der Waals surface area (Å²) < 4.78 is 38.0. The molecule has 1 N–H and O–H groups in total. The summed E-state index contributed by atoms with van der Waals surface area (Å²) in [6.07, 6.45) is 2.16. The summed E-state index contributed by atoms with van der Waals surface area (Å²) in [7, 11) is -0.879. The Kier molecular flexibility index (Phi) is 6.88. The van der Waals surface area contributed by atoms with Crippen LogP contribution in [0, 0.1) is 5.92 Å². The number of hydrogen-bond donors (Lipinski definition) is 1. The highest BCUT2D eigenvalue weighted by molar-refractivity contribution is 7.89. The molecule has 2 atom stereocenters. The Morgan fingerprint density at radius 2 is 2.08 bits per heavy atom. The maximum atomic E-state index is 13.1. The van der Waals surface area contributed by atoms with Gasteiger partial charge in [0.15, 0.2) is 0 Å². The van der Waals surface area contributed by atoms with Crippen LogP contribution >= 0.6 is 0 Å². The number of carbonyl (C=O) groups excluding carboxylic acids is 1. The van der Waals surface area contributed by atoms with E-state index < -0.39 is 10.0 Å². The minimum Gasteiger partial charge on any atom is -0.497 e. The molecule has 1 aliphatic heterocycles. The van der Waals surface area contributed by atoms with Gasteiger partial charge in [-0.1, -0.05) is 6.92 Å². The van der Waals surface area contributed by atoms with Crippen LogP contribution in [0.2, 0.25) is 0 Å². The van der Waals surface area contributed by atoms with Crippen LogP contribution in [0.1, 0.15) is 33.1 Å². The third kappa shape index (κ3) is 4.48. The molecule has 1 amide bonds. The normalized spacial score (nSPS) is 19.6. The van der Waals surface area contributed by atoms with Gasteiger partial charge in [0.1, 0.15) is 16.4 Å². The number of piperidine rings is 1. The zero-order valence-electron chi connectivity index (χ0n) is 15.8. The molecule has 26 heavy (non-hydrogen) atoms. The molecule has 1 saturated heterocycles. The van der Waals surface area contributed by atoms with Crippen molar-refractivity contribution in [1.82, 2.24) is 9.62 Å². The average Bonchev–Trinajstić information content (AvgIpc) is 2.67. The van der Waals surface area contributed by atoms with Gasteiger partial charge < -0.3 is 14.8 Å². The molecule has 0 aliphatic carbocycles. The fourth-order valence-electron chi connectivity index (χ4n) is 2.96. The van der Waals surface area contributed by atoms with Crippen LogP contribution in [0.15, 0.2) is 23.1 Å². The molecule has 1 aromatic rings. The summed E-state index contributed by atoms with van der Waals surface area (Å²) in [5, 5.41) is 2.95. The topological polar surface area (TPSA) is 84.9 Å². The van der Waals surface area contributed by atoms with Crippen molar-refractivity contribution in [3.63, 3.8) is 0 Å². The molecule has 1 aliphatic rings. The molecule has 0 radical (unpaired) electrons. The van der Waals surface area contributed by atoms with Crippen LogP contribution in [-0.4, -0.2) is 52.0 Å². The van der Waals surface area contributed by atoms with E-state index in [1.807, 2.05) is 13.8 Å². The van der Waals surface area contributed by atoms with Crippen LogP contribution in [0.5, 0.6) is 11.5 Å². The first-order valence-electron chi connectivity index (χ1n) is 8.86. The number of carbonyl (C=O) groups is 1. The van der Waals surface area contributed by atoms with E-state index in [4.69, 9.17) is 9.47 Å². The van der Waals surface area contributed by atoms with E-state index in [2.05, 4.69) is 5.32 Å². The third-order valence-corrected chi connectivity index (χ3v) is 6.63. The highest BCUT2D eigenvalue weighted by Gasteiger charge is 2.35. The van der Waals surface area contributed by atoms with Crippen molar-refractivity contribution in [1.29, 1.82) is 0 Å². The molecule has 0 unspecified atom stereocenters. The summed E-state index contributed by atoms with van der Waals surface area (Å²) in [6, 6.07) is 4.75. The summed E-state index contributed by atoms with van der Waals surface area (Å²) in [5.74, 6) is 0.269. The number of methoxy groups -OCH3 is 2. The molecule has 1 aromatic carbocycles. The Morgan fingerprint density at radius 1 is 1.35 bits per heavy atom. The van der Waals surface area contributed by atoms with Crippen molar-refractivity contribution in [2.45, 2.75) is 44.0 Å². The largest absolute Gasteiger partial charge is 0.497 e. The number of nitrogens with zero attached hydrogens (tertiary/aromatic N) is 1. The minimum atomic E-state index is -3.79. The number of benzene rings is 1. The second-order valence-electron chi connectivity index (χ2n) is 6.54. The highest BCUT2D eigenvalue weighted by atomic mass is 32.2. The summed E-state index contributed by atoms with van der Waals surface area (Å²) >= 11 is 0. The van der Waals surface area contributed by atoms with Crippen molar-refractivity contribution >= 4 is 15.9 Å². The molecule has 1 heterocycles. The number of nitrogens with one attached hydrogen (secondary N) is 1. The SMILES string of the molecule is CC[C@H](C)NC(=O)[C@@H]1CCCN(S(=O)(=O)c2cc(OC)ccc2OC)C1. The van der Waals surface area contributed by atoms with Gasteiger partial charge in [0, 0.05) is 25.2 Å². The molecule has 2 rings (SSSR count). The molecule has 0 spiro atoms. The smallest absolute Gasteiger partial charge is 0.246 e. The first kappa shape index (κ1) is 20.5. The number of ether oxygens (including phenoxy) is 2. The van der Waals surface area contributed by atoms with Gasteiger partial charge in [0.25, 0.3) is 0 Å². The zero-order valence-corrected chi connectivity index (χ0v) is 16.6. The van der Waals surface area contributed by atoms with Crippen molar-refractivity contribution in [2.24, 2.45) is 5.92 Å². The fourth-order valence-corrected chi connectivity index (χ4v) is 4.66. The molecule has 146 valence electrons. The number of rotatable bonds is 7. The van der Waals surface area contributed by atoms with Crippen molar-refractivity contribution < 1.29 is 22.7 Å². The third-order valence-electron chi connectivity index (χ3n) is 4.74. The monoisotopic (exact) mass is 384 g/mol. The van der Waals surface area contributed by atoms with E-state index in [0.717, 1.165) is 6.42 Å². The van der Waals surface area contributed by atoms with Gasteiger partial charge in [-0.2, -0.15) is 4.31 Å². The second-order valence-corrected chi connectivity index (χ2v) is 8.44. The predicted octanol–water partition coefficient (Wildman–Crippen LogP) is 2.02.